The molecule has 21 heavy (non-hydrogen) atoms. The molecule has 0 saturated heterocycles. The van der Waals surface area contributed by atoms with Gasteiger partial charge in [-0.3, -0.25) is 0 Å². The molecule has 0 aliphatic carbocycles. The number of nitrogens with zero attached hydrogens (tertiary/aromatic N) is 2. The van der Waals surface area contributed by atoms with Gasteiger partial charge in [0, 0.05) is 17.8 Å². The Labute approximate surface area is 125 Å². The molecule has 0 spiro atoms. The molecule has 1 unspecified atom stereocenters. The summed E-state index contributed by atoms with van der Waals surface area (Å²) in [6.45, 7) is 4.42. The summed E-state index contributed by atoms with van der Waals surface area (Å²) in [4.78, 5) is 0. The van der Waals surface area contributed by atoms with Crippen LogP contribution in [0.4, 0.5) is 0 Å². The molecule has 1 aromatic carbocycles. The van der Waals surface area contributed by atoms with Crippen LogP contribution >= 0.6 is 0 Å². The smallest absolute Gasteiger partial charge is 0.0709 e. The van der Waals surface area contributed by atoms with Crippen molar-refractivity contribution in [2.24, 2.45) is 5.73 Å². The molecule has 108 valence electrons. The number of fused-ring (bicyclic) bond motifs is 1. The number of rotatable bonds is 4. The number of benzene rings is 1. The summed E-state index contributed by atoms with van der Waals surface area (Å²) in [5.41, 5.74) is 11.2. The lowest BCUT2D eigenvalue weighted by Crippen LogP contribution is -2.13. The van der Waals surface area contributed by atoms with Crippen molar-refractivity contribution in [3.63, 3.8) is 0 Å². The van der Waals surface area contributed by atoms with Crippen LogP contribution in [0, 0.1) is 0 Å². The van der Waals surface area contributed by atoms with Crippen molar-refractivity contribution in [1.82, 2.24) is 9.61 Å². The second kappa shape index (κ2) is 5.70. The fraction of sp³-hybridized carbons (Fsp3) is 0.278. The Kier molecular flexibility index (Phi) is 3.76. The first kappa shape index (κ1) is 13.8. The molecule has 0 aliphatic heterocycles. The first-order valence-corrected chi connectivity index (χ1v) is 7.42. The fourth-order valence-electron chi connectivity index (χ4n) is 2.64. The van der Waals surface area contributed by atoms with E-state index in [9.17, 15) is 0 Å². The van der Waals surface area contributed by atoms with Gasteiger partial charge in [0.05, 0.1) is 11.7 Å². The highest BCUT2D eigenvalue weighted by atomic mass is 15.2. The predicted octanol–water partition coefficient (Wildman–Crippen LogP) is 3.70. The highest BCUT2D eigenvalue weighted by Gasteiger charge is 2.12. The zero-order valence-corrected chi connectivity index (χ0v) is 12.5. The van der Waals surface area contributed by atoms with E-state index < -0.39 is 0 Å². The van der Waals surface area contributed by atoms with Crippen LogP contribution in [0.1, 0.15) is 42.5 Å². The summed E-state index contributed by atoms with van der Waals surface area (Å²) in [7, 11) is 0. The maximum Gasteiger partial charge on any atom is 0.0709 e. The number of hydrogen-bond donors (Lipinski definition) is 1. The molecule has 0 fully saturated rings. The SMILES string of the molecule is CC(C)c1ccc(CC(N)c2cnn3ccccc23)cc1. The van der Waals surface area contributed by atoms with Gasteiger partial charge in [-0.15, -0.1) is 0 Å². The summed E-state index contributed by atoms with van der Waals surface area (Å²) in [5, 5.41) is 4.36. The highest BCUT2D eigenvalue weighted by molar-refractivity contribution is 5.55. The van der Waals surface area contributed by atoms with Crippen LogP contribution in [0.25, 0.3) is 5.52 Å². The van der Waals surface area contributed by atoms with Crippen molar-refractivity contribution in [3.8, 4) is 0 Å². The lowest BCUT2D eigenvalue weighted by molar-refractivity contribution is 0.726. The van der Waals surface area contributed by atoms with Gasteiger partial charge in [0.2, 0.25) is 0 Å². The van der Waals surface area contributed by atoms with Crippen LogP contribution in [0.3, 0.4) is 0 Å². The minimum atomic E-state index is -0.0326. The molecule has 1 atom stereocenters. The van der Waals surface area contributed by atoms with E-state index in [1.165, 1.54) is 11.1 Å². The number of pyridine rings is 1. The van der Waals surface area contributed by atoms with Crippen molar-refractivity contribution in [3.05, 3.63) is 71.5 Å². The van der Waals surface area contributed by atoms with Gasteiger partial charge in [0.25, 0.3) is 0 Å². The van der Waals surface area contributed by atoms with E-state index in [1.54, 1.807) is 0 Å². The third-order valence-electron chi connectivity index (χ3n) is 3.96. The number of aromatic nitrogens is 2. The van der Waals surface area contributed by atoms with Crippen molar-refractivity contribution in [1.29, 1.82) is 0 Å². The van der Waals surface area contributed by atoms with E-state index in [-0.39, 0.29) is 6.04 Å². The quantitative estimate of drug-likeness (QED) is 0.791. The Hall–Kier alpha value is -2.13. The Morgan fingerprint density at radius 3 is 2.57 bits per heavy atom. The molecule has 2 heterocycles. The average molecular weight is 279 g/mol. The minimum absolute atomic E-state index is 0.0326. The molecule has 0 aliphatic rings. The van der Waals surface area contributed by atoms with Gasteiger partial charge in [-0.2, -0.15) is 5.10 Å². The first-order chi connectivity index (χ1) is 10.1. The van der Waals surface area contributed by atoms with Crippen molar-refractivity contribution in [2.75, 3.05) is 0 Å². The second-order valence-corrected chi connectivity index (χ2v) is 5.84. The van der Waals surface area contributed by atoms with Gasteiger partial charge in [0.1, 0.15) is 0 Å². The van der Waals surface area contributed by atoms with Gasteiger partial charge in [0.15, 0.2) is 0 Å². The maximum absolute atomic E-state index is 6.38. The molecule has 3 rings (SSSR count). The number of hydrogen-bond acceptors (Lipinski definition) is 2. The van der Waals surface area contributed by atoms with Crippen LogP contribution in [0.2, 0.25) is 0 Å². The van der Waals surface area contributed by atoms with E-state index in [4.69, 9.17) is 5.73 Å². The monoisotopic (exact) mass is 279 g/mol. The van der Waals surface area contributed by atoms with Crippen molar-refractivity contribution in [2.45, 2.75) is 32.2 Å². The molecule has 3 nitrogen and oxygen atoms in total. The van der Waals surface area contributed by atoms with Crippen LogP contribution in [0.5, 0.6) is 0 Å². The Morgan fingerprint density at radius 1 is 1.10 bits per heavy atom. The Bertz CT molecular complexity index is 726. The van der Waals surface area contributed by atoms with Crippen LogP contribution in [0.15, 0.2) is 54.9 Å². The zero-order valence-electron chi connectivity index (χ0n) is 12.5. The molecule has 0 bridgehead atoms. The molecular formula is C18H21N3. The van der Waals surface area contributed by atoms with E-state index >= 15 is 0 Å². The van der Waals surface area contributed by atoms with Crippen LogP contribution in [-0.4, -0.2) is 9.61 Å². The summed E-state index contributed by atoms with van der Waals surface area (Å²) in [5.74, 6) is 0.562. The average Bonchev–Trinajstić information content (AvgIpc) is 2.92. The van der Waals surface area contributed by atoms with Gasteiger partial charge < -0.3 is 5.73 Å². The second-order valence-electron chi connectivity index (χ2n) is 5.84. The molecular weight excluding hydrogens is 258 g/mol. The van der Waals surface area contributed by atoms with Gasteiger partial charge in [-0.1, -0.05) is 44.2 Å². The van der Waals surface area contributed by atoms with Crippen LogP contribution < -0.4 is 5.73 Å². The summed E-state index contributed by atoms with van der Waals surface area (Å²) < 4.78 is 1.87. The molecule has 3 heteroatoms. The third kappa shape index (κ3) is 2.83. The van der Waals surface area contributed by atoms with Gasteiger partial charge >= 0.3 is 0 Å². The normalized spacial score (nSPS) is 13.0. The highest BCUT2D eigenvalue weighted by Crippen LogP contribution is 2.22. The van der Waals surface area contributed by atoms with Crippen LogP contribution in [-0.2, 0) is 6.42 Å². The van der Waals surface area contributed by atoms with E-state index in [0.717, 1.165) is 17.5 Å². The molecule has 3 aromatic rings. The largest absolute Gasteiger partial charge is 0.324 e. The Morgan fingerprint density at radius 2 is 1.86 bits per heavy atom. The first-order valence-electron chi connectivity index (χ1n) is 7.42. The predicted molar refractivity (Wildman–Crippen MR) is 86.4 cm³/mol. The number of nitrogens with two attached hydrogens (primary N) is 1. The van der Waals surface area contributed by atoms with Crippen molar-refractivity contribution >= 4 is 5.52 Å². The molecule has 0 saturated carbocycles. The maximum atomic E-state index is 6.38. The fourth-order valence-corrected chi connectivity index (χ4v) is 2.64. The third-order valence-corrected chi connectivity index (χ3v) is 3.96. The van der Waals surface area contributed by atoms with E-state index in [2.05, 4.69) is 49.3 Å². The topological polar surface area (TPSA) is 43.3 Å². The van der Waals surface area contributed by atoms with E-state index in [0.29, 0.717) is 5.92 Å². The molecule has 2 N–H and O–H groups in total. The van der Waals surface area contributed by atoms with Crippen molar-refractivity contribution < 1.29 is 0 Å². The Balaban J connectivity index is 1.81. The van der Waals surface area contributed by atoms with E-state index in [1.807, 2.05) is 29.0 Å². The molecule has 0 amide bonds. The lowest BCUT2D eigenvalue weighted by Gasteiger charge is -2.12. The summed E-state index contributed by atoms with van der Waals surface area (Å²) in [6, 6.07) is 14.8. The molecule has 0 radical (unpaired) electrons. The van der Waals surface area contributed by atoms with Gasteiger partial charge in [-0.05, 0) is 35.6 Å². The summed E-state index contributed by atoms with van der Waals surface area (Å²) >= 11 is 0. The summed E-state index contributed by atoms with van der Waals surface area (Å²) in [6.07, 6.45) is 4.65. The van der Waals surface area contributed by atoms with Gasteiger partial charge in [-0.25, -0.2) is 4.52 Å². The lowest BCUT2D eigenvalue weighted by atomic mass is 9.97. The zero-order chi connectivity index (χ0) is 14.8. The molecule has 2 aromatic heterocycles. The minimum Gasteiger partial charge on any atom is -0.324 e. The standard InChI is InChI=1S/C18H21N3/c1-13(2)15-8-6-14(7-9-15)11-17(19)16-12-20-21-10-4-3-5-18(16)21/h3-10,12-13,17H,11,19H2,1-2H3.